The highest BCUT2D eigenvalue weighted by atomic mass is 16.5. The number of H-pyrrole nitrogens is 1. The molecule has 0 spiro atoms. The van der Waals surface area contributed by atoms with Crippen LogP contribution in [0, 0.1) is 0 Å². The maximum absolute atomic E-state index is 12.4. The molecule has 1 heterocycles. The fourth-order valence-corrected chi connectivity index (χ4v) is 3.03. The first-order chi connectivity index (χ1) is 14.0. The Balaban J connectivity index is 2.20. The van der Waals surface area contributed by atoms with Crippen LogP contribution in [0.15, 0.2) is 42.5 Å². The van der Waals surface area contributed by atoms with Crippen molar-refractivity contribution >= 4 is 5.97 Å². The number of methoxy groups -OCH3 is 5. The third-order valence-electron chi connectivity index (χ3n) is 4.53. The summed E-state index contributed by atoms with van der Waals surface area (Å²) in [6.45, 7) is 0. The number of esters is 1. The lowest BCUT2D eigenvalue weighted by Gasteiger charge is -2.08. The van der Waals surface area contributed by atoms with Gasteiger partial charge in [-0.1, -0.05) is 0 Å². The van der Waals surface area contributed by atoms with E-state index in [4.69, 9.17) is 23.7 Å². The van der Waals surface area contributed by atoms with Crippen molar-refractivity contribution in [3.63, 3.8) is 0 Å². The van der Waals surface area contributed by atoms with Crippen LogP contribution < -0.4 is 18.9 Å². The third-order valence-corrected chi connectivity index (χ3v) is 4.53. The van der Waals surface area contributed by atoms with E-state index in [9.17, 15) is 4.79 Å². The van der Waals surface area contributed by atoms with Gasteiger partial charge in [0.25, 0.3) is 0 Å². The van der Waals surface area contributed by atoms with E-state index in [2.05, 4.69) is 4.98 Å². The smallest absolute Gasteiger partial charge is 0.355 e. The van der Waals surface area contributed by atoms with Crippen LogP contribution in [0.25, 0.3) is 22.4 Å². The van der Waals surface area contributed by atoms with Gasteiger partial charge in [-0.3, -0.25) is 0 Å². The minimum atomic E-state index is -0.483. The highest BCUT2D eigenvalue weighted by Gasteiger charge is 2.20. The molecule has 0 amide bonds. The molecule has 0 bridgehead atoms. The Kier molecular flexibility index (Phi) is 5.97. The van der Waals surface area contributed by atoms with Crippen molar-refractivity contribution in [2.45, 2.75) is 0 Å². The van der Waals surface area contributed by atoms with Gasteiger partial charge in [0, 0.05) is 29.0 Å². The monoisotopic (exact) mass is 397 g/mol. The Labute approximate surface area is 169 Å². The second-order valence-electron chi connectivity index (χ2n) is 6.17. The predicted octanol–water partition coefficient (Wildman–Crippen LogP) is 4.17. The zero-order valence-electron chi connectivity index (χ0n) is 17.0. The molecule has 1 aromatic heterocycles. The van der Waals surface area contributed by atoms with Crippen LogP contribution in [0.4, 0.5) is 0 Å². The van der Waals surface area contributed by atoms with Crippen LogP contribution in [0.5, 0.6) is 23.0 Å². The third kappa shape index (κ3) is 4.13. The van der Waals surface area contributed by atoms with E-state index in [-0.39, 0.29) is 0 Å². The second-order valence-corrected chi connectivity index (χ2v) is 6.17. The van der Waals surface area contributed by atoms with Crippen LogP contribution >= 0.6 is 0 Å². The number of benzene rings is 2. The van der Waals surface area contributed by atoms with Crippen molar-refractivity contribution in [1.29, 1.82) is 0 Å². The van der Waals surface area contributed by atoms with Crippen molar-refractivity contribution in [3.8, 4) is 45.4 Å². The highest BCUT2D eigenvalue weighted by Crippen LogP contribution is 2.36. The molecule has 0 radical (unpaired) electrons. The summed E-state index contributed by atoms with van der Waals surface area (Å²) in [7, 11) is 7.66. The average Bonchev–Trinajstić information content (AvgIpc) is 3.23. The maximum Gasteiger partial charge on any atom is 0.355 e. The topological polar surface area (TPSA) is 79.0 Å². The number of rotatable bonds is 7. The van der Waals surface area contributed by atoms with Gasteiger partial charge in [0.15, 0.2) is 0 Å². The molecule has 0 aliphatic rings. The maximum atomic E-state index is 12.4. The van der Waals surface area contributed by atoms with Crippen molar-refractivity contribution < 1.29 is 28.5 Å². The number of ether oxygens (including phenoxy) is 5. The lowest BCUT2D eigenvalue weighted by atomic mass is 10.0. The molecule has 2 aromatic carbocycles. The summed E-state index contributed by atoms with van der Waals surface area (Å²) >= 11 is 0. The summed E-state index contributed by atoms with van der Waals surface area (Å²) < 4.78 is 26.4. The Hall–Kier alpha value is -3.61. The molecule has 0 saturated carbocycles. The first-order valence-corrected chi connectivity index (χ1v) is 8.81. The minimum Gasteiger partial charge on any atom is -0.497 e. The second kappa shape index (κ2) is 8.60. The van der Waals surface area contributed by atoms with E-state index < -0.39 is 5.97 Å². The Morgan fingerprint density at radius 2 is 1.10 bits per heavy atom. The fourth-order valence-electron chi connectivity index (χ4n) is 3.03. The number of aromatic amines is 1. The van der Waals surface area contributed by atoms with Gasteiger partial charge in [0.05, 0.1) is 35.5 Å². The highest BCUT2D eigenvalue weighted by molar-refractivity contribution is 5.97. The standard InChI is InChI=1S/C22H23NO6/c1-25-15-6-13(7-16(10-15)26-2)19-12-20(23-21(19)22(24)29-5)14-8-17(27-3)11-18(9-14)28-4/h6-12,23H,1-5H3. The lowest BCUT2D eigenvalue weighted by Crippen LogP contribution is -2.03. The summed E-state index contributed by atoms with van der Waals surface area (Å²) in [4.78, 5) is 15.6. The molecule has 0 unspecified atom stereocenters. The largest absolute Gasteiger partial charge is 0.497 e. The molecule has 0 atom stereocenters. The van der Waals surface area contributed by atoms with Crippen LogP contribution in [0.2, 0.25) is 0 Å². The number of carbonyl (C=O) groups is 1. The van der Waals surface area contributed by atoms with E-state index in [1.54, 1.807) is 40.6 Å². The molecule has 0 fully saturated rings. The molecule has 7 heteroatoms. The van der Waals surface area contributed by atoms with Gasteiger partial charge in [0.2, 0.25) is 0 Å². The van der Waals surface area contributed by atoms with E-state index in [1.807, 2.05) is 30.3 Å². The molecular weight excluding hydrogens is 374 g/mol. The average molecular weight is 397 g/mol. The molecule has 1 N–H and O–H groups in total. The number of nitrogens with one attached hydrogen (secondary N) is 1. The van der Waals surface area contributed by atoms with Gasteiger partial charge in [-0.05, 0) is 35.9 Å². The van der Waals surface area contributed by atoms with Gasteiger partial charge >= 0.3 is 5.97 Å². The predicted molar refractivity (Wildman–Crippen MR) is 109 cm³/mol. The van der Waals surface area contributed by atoms with Crippen molar-refractivity contribution in [2.75, 3.05) is 35.5 Å². The Morgan fingerprint density at radius 1 is 0.655 bits per heavy atom. The summed E-state index contributed by atoms with van der Waals surface area (Å²) in [6, 6.07) is 12.8. The number of hydrogen-bond acceptors (Lipinski definition) is 6. The van der Waals surface area contributed by atoms with Crippen LogP contribution in [0.1, 0.15) is 10.5 Å². The first kappa shape index (κ1) is 20.1. The minimum absolute atomic E-state index is 0.319. The quantitative estimate of drug-likeness (QED) is 0.603. The molecule has 3 aromatic rings. The molecule has 0 aliphatic heterocycles. The number of carbonyl (C=O) groups excluding carboxylic acids is 1. The summed E-state index contributed by atoms with van der Waals surface area (Å²) in [5, 5.41) is 0. The number of aromatic nitrogens is 1. The van der Waals surface area contributed by atoms with Gasteiger partial charge in [-0.2, -0.15) is 0 Å². The molecule has 3 rings (SSSR count). The molecule has 29 heavy (non-hydrogen) atoms. The van der Waals surface area contributed by atoms with Gasteiger partial charge in [-0.15, -0.1) is 0 Å². The zero-order chi connectivity index (χ0) is 21.0. The summed E-state index contributed by atoms with van der Waals surface area (Å²) in [5.74, 6) is 2.01. The van der Waals surface area contributed by atoms with E-state index in [0.717, 1.165) is 11.1 Å². The van der Waals surface area contributed by atoms with Gasteiger partial charge < -0.3 is 28.7 Å². The van der Waals surface area contributed by atoms with E-state index in [1.165, 1.54) is 7.11 Å². The fraction of sp³-hybridized carbons (Fsp3) is 0.227. The normalized spacial score (nSPS) is 10.4. The van der Waals surface area contributed by atoms with Gasteiger partial charge in [0.1, 0.15) is 28.7 Å². The SMILES string of the molecule is COC(=O)c1[nH]c(-c2cc(OC)cc(OC)c2)cc1-c1cc(OC)cc(OC)c1. The Morgan fingerprint density at radius 3 is 1.52 bits per heavy atom. The lowest BCUT2D eigenvalue weighted by molar-refractivity contribution is 0.0596. The molecule has 0 aliphatic carbocycles. The molecular formula is C22H23NO6. The van der Waals surface area contributed by atoms with Crippen molar-refractivity contribution in [3.05, 3.63) is 48.2 Å². The van der Waals surface area contributed by atoms with E-state index in [0.29, 0.717) is 39.9 Å². The molecule has 7 nitrogen and oxygen atoms in total. The first-order valence-electron chi connectivity index (χ1n) is 8.81. The molecule has 152 valence electrons. The Bertz CT molecular complexity index is 980. The van der Waals surface area contributed by atoms with Crippen LogP contribution in [-0.4, -0.2) is 46.5 Å². The van der Waals surface area contributed by atoms with Crippen LogP contribution in [0.3, 0.4) is 0 Å². The summed E-state index contributed by atoms with van der Waals surface area (Å²) in [6.07, 6.45) is 0. The molecule has 0 saturated heterocycles. The van der Waals surface area contributed by atoms with Gasteiger partial charge in [-0.25, -0.2) is 4.79 Å². The van der Waals surface area contributed by atoms with E-state index >= 15 is 0 Å². The van der Waals surface area contributed by atoms with Crippen LogP contribution in [-0.2, 0) is 4.74 Å². The van der Waals surface area contributed by atoms with Crippen molar-refractivity contribution in [2.24, 2.45) is 0 Å². The number of hydrogen-bond donors (Lipinski definition) is 1. The zero-order valence-corrected chi connectivity index (χ0v) is 17.0. The summed E-state index contributed by atoms with van der Waals surface area (Å²) in [5.41, 5.74) is 3.23. The van der Waals surface area contributed by atoms with Crippen molar-refractivity contribution in [1.82, 2.24) is 4.98 Å².